The summed E-state index contributed by atoms with van der Waals surface area (Å²) in [5, 5.41) is 14.4. The maximum atomic E-state index is 13.6. The first-order valence-corrected chi connectivity index (χ1v) is 14.6. The Bertz CT molecular complexity index is 1250. The second kappa shape index (κ2) is 8.39. The van der Waals surface area contributed by atoms with Crippen LogP contribution in [0.2, 0.25) is 0 Å². The van der Waals surface area contributed by atoms with Crippen LogP contribution in [0, 0.1) is 11.3 Å². The zero-order chi connectivity index (χ0) is 25.1. The molecule has 0 aromatic heterocycles. The Morgan fingerprint density at radius 1 is 1.32 bits per heavy atom. The van der Waals surface area contributed by atoms with E-state index in [0.717, 1.165) is 25.5 Å². The van der Waals surface area contributed by atoms with Crippen LogP contribution < -0.4 is 15.3 Å². The molecular formula is C22H31N4O6PS. The lowest BCUT2D eigenvalue weighted by atomic mass is 9.85. The minimum atomic E-state index is -3.86. The summed E-state index contributed by atoms with van der Waals surface area (Å²) in [6.07, 6.45) is 4.20. The number of aliphatic hydroxyl groups excluding tert-OH is 1. The zero-order valence-corrected chi connectivity index (χ0v) is 21.7. The summed E-state index contributed by atoms with van der Waals surface area (Å²) in [6.45, 7) is 6.38. The smallest absolute Gasteiger partial charge is 0.348 e. The van der Waals surface area contributed by atoms with Gasteiger partial charge >= 0.3 is 7.52 Å². The summed E-state index contributed by atoms with van der Waals surface area (Å²) in [5.74, 6) is 0.110. The molecule has 0 radical (unpaired) electrons. The average Bonchev–Trinajstić information content (AvgIpc) is 3.49. The number of nitrogens with zero attached hydrogens (tertiary/aromatic N) is 2. The third kappa shape index (κ3) is 4.74. The fourth-order valence-electron chi connectivity index (χ4n) is 4.45. The Kier molecular flexibility index (Phi) is 6.11. The molecule has 1 unspecified atom stereocenters. The minimum absolute atomic E-state index is 0.0167. The highest BCUT2D eigenvalue weighted by Crippen LogP contribution is 2.52. The Labute approximate surface area is 200 Å². The standard InChI is InChI=1S/C22H31N4O6PS/c1-22(2,3)19-18(27)17(21(28)26(19)11-10-13-6-7-13)20-23-15-9-8-14(25-34(5,30)31)12-16(15)33(29,24-20)32-4/h8-9,12-13,19,25,27H,6-7,10-11H2,1-5H3,(H,23,24,29)/t19-,33?/m1/s1. The molecule has 0 saturated heterocycles. The van der Waals surface area contributed by atoms with Crippen LogP contribution in [0.15, 0.2) is 34.3 Å². The topological polar surface area (TPSA) is 137 Å². The zero-order valence-electron chi connectivity index (χ0n) is 20.0. The molecule has 2 heterocycles. The van der Waals surface area contributed by atoms with Gasteiger partial charge in [-0.2, -0.15) is 4.76 Å². The van der Waals surface area contributed by atoms with E-state index in [4.69, 9.17) is 4.52 Å². The van der Waals surface area contributed by atoms with E-state index in [1.807, 2.05) is 20.8 Å². The first-order chi connectivity index (χ1) is 15.7. The van der Waals surface area contributed by atoms with Crippen LogP contribution in [-0.2, 0) is 23.9 Å². The van der Waals surface area contributed by atoms with Crippen molar-refractivity contribution in [3.8, 4) is 0 Å². The predicted octanol–water partition coefficient (Wildman–Crippen LogP) is 3.22. The van der Waals surface area contributed by atoms with Crippen molar-refractivity contribution in [2.24, 2.45) is 16.1 Å². The molecule has 10 nitrogen and oxygen atoms in total. The monoisotopic (exact) mass is 510 g/mol. The number of benzene rings is 1. The van der Waals surface area contributed by atoms with Gasteiger partial charge in [0.05, 0.1) is 23.3 Å². The van der Waals surface area contributed by atoms with Gasteiger partial charge in [-0.15, -0.1) is 0 Å². The summed E-state index contributed by atoms with van der Waals surface area (Å²) in [4.78, 5) is 15.2. The quantitative estimate of drug-likeness (QED) is 0.479. The molecule has 186 valence electrons. The molecule has 1 amide bonds. The van der Waals surface area contributed by atoms with Crippen molar-refractivity contribution in [3.05, 3.63) is 29.5 Å². The number of amides is 1. The fraction of sp³-hybridized carbons (Fsp3) is 0.545. The second-order valence-corrected chi connectivity index (χ2v) is 14.0. The van der Waals surface area contributed by atoms with Crippen molar-refractivity contribution in [2.45, 2.75) is 46.1 Å². The number of carbonyl (C=O) groups excluding carboxylic acids is 1. The third-order valence-corrected chi connectivity index (χ3v) is 8.72. The number of carbonyl (C=O) groups is 1. The average molecular weight is 511 g/mol. The van der Waals surface area contributed by atoms with Gasteiger partial charge in [-0.25, -0.2) is 8.42 Å². The second-order valence-electron chi connectivity index (χ2n) is 10.1. The Morgan fingerprint density at radius 2 is 2.00 bits per heavy atom. The fourth-order valence-corrected chi connectivity index (χ4v) is 6.54. The largest absolute Gasteiger partial charge is 0.509 e. The third-order valence-electron chi connectivity index (χ3n) is 6.17. The van der Waals surface area contributed by atoms with Crippen molar-refractivity contribution >= 4 is 46.0 Å². The highest BCUT2D eigenvalue weighted by Gasteiger charge is 2.48. The number of fused-ring (bicyclic) bond motifs is 1. The minimum Gasteiger partial charge on any atom is -0.509 e. The Morgan fingerprint density at radius 3 is 2.56 bits per heavy atom. The molecule has 3 N–H and O–H groups in total. The lowest BCUT2D eigenvalue weighted by Gasteiger charge is -2.35. The maximum Gasteiger partial charge on any atom is 0.348 e. The van der Waals surface area contributed by atoms with Gasteiger partial charge < -0.3 is 19.8 Å². The van der Waals surface area contributed by atoms with Crippen molar-refractivity contribution in [2.75, 3.05) is 29.9 Å². The molecular weight excluding hydrogens is 479 g/mol. The van der Waals surface area contributed by atoms with Gasteiger partial charge in [0, 0.05) is 19.3 Å². The number of hydrogen-bond acceptors (Lipinski definition) is 7. The van der Waals surface area contributed by atoms with Crippen molar-refractivity contribution in [1.82, 2.24) is 4.90 Å². The number of amidine groups is 1. The van der Waals surface area contributed by atoms with Crippen LogP contribution in [0.3, 0.4) is 0 Å². The first kappa shape index (κ1) is 24.8. The highest BCUT2D eigenvalue weighted by molar-refractivity contribution is 7.92. The molecule has 34 heavy (non-hydrogen) atoms. The van der Waals surface area contributed by atoms with Gasteiger partial charge in [-0.1, -0.05) is 33.6 Å². The van der Waals surface area contributed by atoms with Crippen LogP contribution in [0.1, 0.15) is 40.0 Å². The summed E-state index contributed by atoms with van der Waals surface area (Å²) >= 11 is 0. The molecule has 3 aliphatic rings. The molecule has 1 aliphatic carbocycles. The number of aliphatic hydroxyl groups is 1. The first-order valence-electron chi connectivity index (χ1n) is 11.1. The van der Waals surface area contributed by atoms with Crippen LogP contribution >= 0.6 is 7.52 Å². The highest BCUT2D eigenvalue weighted by atomic mass is 32.2. The van der Waals surface area contributed by atoms with E-state index in [2.05, 4.69) is 14.8 Å². The van der Waals surface area contributed by atoms with Crippen LogP contribution in [0.4, 0.5) is 11.4 Å². The van der Waals surface area contributed by atoms with Crippen LogP contribution in [-0.4, -0.2) is 56.1 Å². The number of anilines is 2. The van der Waals surface area contributed by atoms with Crippen LogP contribution in [0.25, 0.3) is 0 Å². The van der Waals surface area contributed by atoms with E-state index in [0.29, 0.717) is 18.2 Å². The van der Waals surface area contributed by atoms with Crippen LogP contribution in [0.5, 0.6) is 0 Å². The molecule has 12 heteroatoms. The summed E-state index contributed by atoms with van der Waals surface area (Å²) < 4.78 is 48.7. The molecule has 2 atom stereocenters. The molecule has 4 rings (SSSR count). The lowest BCUT2D eigenvalue weighted by molar-refractivity contribution is -0.128. The maximum absolute atomic E-state index is 13.6. The molecule has 1 aromatic carbocycles. The van der Waals surface area contributed by atoms with Crippen molar-refractivity contribution in [3.63, 3.8) is 0 Å². The van der Waals surface area contributed by atoms with Gasteiger partial charge in [0.2, 0.25) is 10.0 Å². The van der Waals surface area contributed by atoms with E-state index in [9.17, 15) is 22.9 Å². The predicted molar refractivity (Wildman–Crippen MR) is 132 cm³/mol. The summed E-state index contributed by atoms with van der Waals surface area (Å²) in [5.41, 5.74) is 0.107. The number of sulfonamides is 1. The van der Waals surface area contributed by atoms with E-state index in [-0.39, 0.29) is 34.1 Å². The van der Waals surface area contributed by atoms with Gasteiger partial charge in [0.1, 0.15) is 11.3 Å². The lowest BCUT2D eigenvalue weighted by Crippen LogP contribution is -2.44. The van der Waals surface area contributed by atoms with Crippen molar-refractivity contribution < 1.29 is 27.4 Å². The number of nitrogens with one attached hydrogen (secondary N) is 2. The molecule has 2 aliphatic heterocycles. The van der Waals surface area contributed by atoms with E-state index in [1.54, 1.807) is 4.90 Å². The summed E-state index contributed by atoms with van der Waals surface area (Å²) in [6, 6.07) is 3.88. The van der Waals surface area contributed by atoms with Gasteiger partial charge in [-0.3, -0.25) is 14.1 Å². The molecule has 0 spiro atoms. The molecule has 1 aromatic rings. The van der Waals surface area contributed by atoms with Gasteiger partial charge in [0.25, 0.3) is 5.91 Å². The molecule has 1 saturated carbocycles. The normalized spacial score (nSPS) is 25.2. The Hall–Kier alpha value is -2.36. The van der Waals surface area contributed by atoms with E-state index < -0.39 is 29.0 Å². The summed E-state index contributed by atoms with van der Waals surface area (Å²) in [7, 11) is -6.18. The molecule has 1 fully saturated rings. The Balaban J connectivity index is 1.74. The van der Waals surface area contributed by atoms with E-state index >= 15 is 0 Å². The van der Waals surface area contributed by atoms with Gasteiger partial charge in [0.15, 0.2) is 5.84 Å². The molecule has 0 bridgehead atoms. The SMILES string of the molecule is COP1(=O)N=C(C2=C(O)[C@H](C(C)(C)C)N(CCC3CC3)C2=O)Nc2ccc(NS(C)(=O)=O)cc21. The number of rotatable bonds is 7. The number of hydrogen-bond donors (Lipinski definition) is 3. The van der Waals surface area contributed by atoms with Crippen molar-refractivity contribution in [1.29, 1.82) is 0 Å². The van der Waals surface area contributed by atoms with E-state index in [1.165, 1.54) is 25.3 Å². The van der Waals surface area contributed by atoms with Gasteiger partial charge in [-0.05, 0) is 36.0 Å².